The molecule has 0 radical (unpaired) electrons. The molecule has 3 heterocycles. The Kier molecular flexibility index (Phi) is 6.46. The van der Waals surface area contributed by atoms with Crippen LogP contribution in [0, 0.1) is 0 Å². The molecule has 11 rings (SSSR count). The van der Waals surface area contributed by atoms with Gasteiger partial charge in [-0.3, -0.25) is 0 Å². The van der Waals surface area contributed by atoms with Gasteiger partial charge >= 0.3 is 0 Å². The average Bonchev–Trinajstić information content (AvgIpc) is 3.78. The molecule has 8 aromatic carbocycles. The number of rotatable bonds is 4. The number of thiophene rings is 1. The van der Waals surface area contributed by atoms with E-state index in [4.69, 9.17) is 9.40 Å². The summed E-state index contributed by atoms with van der Waals surface area (Å²) < 4.78 is 9.26. The van der Waals surface area contributed by atoms with Crippen LogP contribution in [-0.2, 0) is 0 Å². The molecule has 0 atom stereocenters. The minimum absolute atomic E-state index is 0.864. The van der Waals surface area contributed by atoms with Crippen LogP contribution < -0.4 is 0 Å². The molecular formula is C49H29NOS. The summed E-state index contributed by atoms with van der Waals surface area (Å²) in [6.07, 6.45) is 0. The third kappa shape index (κ3) is 4.53. The molecular weight excluding hydrogens is 651 g/mol. The van der Waals surface area contributed by atoms with Crippen molar-refractivity contribution >= 4 is 75.1 Å². The summed E-state index contributed by atoms with van der Waals surface area (Å²) in [6.45, 7) is 0. The number of hydrogen-bond donors (Lipinski definition) is 0. The average molecular weight is 680 g/mol. The van der Waals surface area contributed by atoms with Crippen molar-refractivity contribution in [1.29, 1.82) is 0 Å². The van der Waals surface area contributed by atoms with Gasteiger partial charge < -0.3 is 4.42 Å². The second kappa shape index (κ2) is 11.5. The molecule has 0 aliphatic carbocycles. The summed E-state index contributed by atoms with van der Waals surface area (Å²) in [5, 5.41) is 8.29. The van der Waals surface area contributed by atoms with Crippen molar-refractivity contribution in [3.63, 3.8) is 0 Å². The second-order valence-electron chi connectivity index (χ2n) is 13.5. The van der Waals surface area contributed by atoms with Gasteiger partial charge in [-0.1, -0.05) is 140 Å². The molecule has 0 fully saturated rings. The maximum atomic E-state index is 6.61. The lowest BCUT2D eigenvalue weighted by atomic mass is 9.88. The Morgan fingerprint density at radius 2 is 1.00 bits per heavy atom. The molecule has 0 unspecified atom stereocenters. The Labute approximate surface area is 303 Å². The van der Waals surface area contributed by atoms with Crippen LogP contribution in [0.3, 0.4) is 0 Å². The van der Waals surface area contributed by atoms with Crippen LogP contribution in [0.5, 0.6) is 0 Å². The number of furan rings is 1. The van der Waals surface area contributed by atoms with Crippen molar-refractivity contribution in [3.8, 4) is 44.6 Å². The van der Waals surface area contributed by atoms with Gasteiger partial charge in [-0.05, 0) is 64.2 Å². The summed E-state index contributed by atoms with van der Waals surface area (Å²) in [6, 6.07) is 63.1. The lowest BCUT2D eigenvalue weighted by Crippen LogP contribution is -1.93. The quantitative estimate of drug-likeness (QED) is 0.173. The molecule has 3 heteroatoms. The SMILES string of the molecule is c1ccc(-c2nc3ccccc3c3c(-c4cccc(-c5ccc(-c6ccc7c(c6)sc6ccccc67)cc5)c4)c4c(cc23)oc2ccccc24)cc1. The molecule has 52 heavy (non-hydrogen) atoms. The first kappa shape index (κ1) is 29.2. The third-order valence-electron chi connectivity index (χ3n) is 10.5. The molecule has 0 aliphatic rings. The molecule has 0 N–H and O–H groups in total. The van der Waals surface area contributed by atoms with Gasteiger partial charge in [0.25, 0.3) is 0 Å². The van der Waals surface area contributed by atoms with Crippen LogP contribution in [0.15, 0.2) is 180 Å². The first-order chi connectivity index (χ1) is 25.8. The van der Waals surface area contributed by atoms with Gasteiger partial charge in [-0.25, -0.2) is 4.98 Å². The molecule has 0 spiro atoms. The predicted octanol–water partition coefficient (Wildman–Crippen LogP) is 14.3. The molecule has 0 aliphatic heterocycles. The van der Waals surface area contributed by atoms with E-state index >= 15 is 0 Å². The summed E-state index contributed by atoms with van der Waals surface area (Å²) in [5.41, 5.74) is 11.9. The van der Waals surface area contributed by atoms with Gasteiger partial charge in [0.05, 0.1) is 11.2 Å². The molecule has 0 saturated carbocycles. The third-order valence-corrected chi connectivity index (χ3v) is 11.6. The maximum absolute atomic E-state index is 6.61. The molecule has 3 aromatic heterocycles. The van der Waals surface area contributed by atoms with Gasteiger partial charge in [0, 0.05) is 58.2 Å². The monoisotopic (exact) mass is 679 g/mol. The van der Waals surface area contributed by atoms with Crippen molar-refractivity contribution in [2.24, 2.45) is 0 Å². The van der Waals surface area contributed by atoms with Gasteiger partial charge in [0.1, 0.15) is 11.2 Å². The van der Waals surface area contributed by atoms with Crippen molar-refractivity contribution in [2.45, 2.75) is 0 Å². The fourth-order valence-corrected chi connectivity index (χ4v) is 9.18. The van der Waals surface area contributed by atoms with Gasteiger partial charge in [-0.2, -0.15) is 0 Å². The summed E-state index contributed by atoms with van der Waals surface area (Å²) >= 11 is 1.86. The van der Waals surface area contributed by atoms with E-state index in [1.807, 2.05) is 17.4 Å². The first-order valence-electron chi connectivity index (χ1n) is 17.6. The van der Waals surface area contributed by atoms with Crippen LogP contribution in [0.1, 0.15) is 0 Å². The highest BCUT2D eigenvalue weighted by Crippen LogP contribution is 2.47. The minimum Gasteiger partial charge on any atom is -0.456 e. The zero-order chi connectivity index (χ0) is 34.2. The van der Waals surface area contributed by atoms with E-state index in [0.717, 1.165) is 55.0 Å². The highest BCUT2D eigenvalue weighted by Gasteiger charge is 2.22. The predicted molar refractivity (Wildman–Crippen MR) is 221 cm³/mol. The number of hydrogen-bond acceptors (Lipinski definition) is 3. The molecule has 0 amide bonds. The van der Waals surface area contributed by atoms with Crippen molar-refractivity contribution in [2.75, 3.05) is 0 Å². The Morgan fingerprint density at radius 1 is 0.365 bits per heavy atom. The highest BCUT2D eigenvalue weighted by molar-refractivity contribution is 7.25. The lowest BCUT2D eigenvalue weighted by molar-refractivity contribution is 0.669. The van der Waals surface area contributed by atoms with E-state index in [0.29, 0.717) is 0 Å². The van der Waals surface area contributed by atoms with E-state index in [9.17, 15) is 0 Å². The second-order valence-corrected chi connectivity index (χ2v) is 14.5. The van der Waals surface area contributed by atoms with E-state index in [2.05, 4.69) is 170 Å². The highest BCUT2D eigenvalue weighted by atomic mass is 32.1. The van der Waals surface area contributed by atoms with Crippen LogP contribution in [0.25, 0.3) is 108 Å². The Hall–Kier alpha value is -6.55. The fraction of sp³-hybridized carbons (Fsp3) is 0. The van der Waals surface area contributed by atoms with Gasteiger partial charge in [0.15, 0.2) is 0 Å². The van der Waals surface area contributed by atoms with Crippen molar-refractivity contribution in [3.05, 3.63) is 176 Å². The molecule has 11 aromatic rings. The van der Waals surface area contributed by atoms with E-state index in [-0.39, 0.29) is 0 Å². The molecule has 0 saturated heterocycles. The van der Waals surface area contributed by atoms with Crippen LogP contribution >= 0.6 is 11.3 Å². The topological polar surface area (TPSA) is 26.0 Å². The number of nitrogens with zero attached hydrogens (tertiary/aromatic N) is 1. The Bertz CT molecular complexity index is 3170. The number of para-hydroxylation sites is 2. The van der Waals surface area contributed by atoms with Crippen LogP contribution in [-0.4, -0.2) is 4.98 Å². The van der Waals surface area contributed by atoms with Gasteiger partial charge in [0.2, 0.25) is 0 Å². The summed E-state index contributed by atoms with van der Waals surface area (Å²) in [5.74, 6) is 0. The Balaban J connectivity index is 1.11. The molecule has 2 nitrogen and oxygen atoms in total. The van der Waals surface area contributed by atoms with Crippen LogP contribution in [0.2, 0.25) is 0 Å². The normalized spacial score (nSPS) is 11.8. The van der Waals surface area contributed by atoms with Crippen molar-refractivity contribution < 1.29 is 4.42 Å². The zero-order valence-corrected chi connectivity index (χ0v) is 28.8. The van der Waals surface area contributed by atoms with E-state index < -0.39 is 0 Å². The number of pyridine rings is 1. The Morgan fingerprint density at radius 3 is 1.85 bits per heavy atom. The number of benzene rings is 8. The van der Waals surface area contributed by atoms with Crippen molar-refractivity contribution in [1.82, 2.24) is 4.98 Å². The molecule has 242 valence electrons. The summed E-state index contributed by atoms with van der Waals surface area (Å²) in [7, 11) is 0. The fourth-order valence-electron chi connectivity index (χ4n) is 8.04. The number of fused-ring (bicyclic) bond motifs is 9. The van der Waals surface area contributed by atoms with E-state index in [1.165, 1.54) is 53.4 Å². The zero-order valence-electron chi connectivity index (χ0n) is 28.0. The molecule has 0 bridgehead atoms. The number of aromatic nitrogens is 1. The van der Waals surface area contributed by atoms with Gasteiger partial charge in [-0.15, -0.1) is 11.3 Å². The maximum Gasteiger partial charge on any atom is 0.136 e. The van der Waals surface area contributed by atoms with E-state index in [1.54, 1.807) is 0 Å². The standard InChI is InChI=1S/C49H29NOS/c1-2-11-32(12-3-1)49-40-29-43-48(39-17-5-8-19-42(39)51-43)46(47(40)38-16-4-7-18-41(38)50-49)35-14-10-13-33(27-35)30-21-23-31(24-22-30)34-25-26-37-36-15-6-9-20-44(36)52-45(37)28-34/h1-29H. The van der Waals surface area contributed by atoms with Crippen LogP contribution in [0.4, 0.5) is 0 Å². The smallest absolute Gasteiger partial charge is 0.136 e. The largest absolute Gasteiger partial charge is 0.456 e. The minimum atomic E-state index is 0.864. The summed E-state index contributed by atoms with van der Waals surface area (Å²) in [4.78, 5) is 5.25. The lowest BCUT2D eigenvalue weighted by Gasteiger charge is -2.16. The first-order valence-corrected chi connectivity index (χ1v) is 18.4.